The summed E-state index contributed by atoms with van der Waals surface area (Å²) >= 11 is 0. The largest absolute Gasteiger partial charge is 0.478 e. The van der Waals surface area contributed by atoms with Gasteiger partial charge in [-0.2, -0.15) is 0 Å². The molecule has 2 rings (SSSR count). The molecule has 0 aromatic heterocycles. The second-order valence-corrected chi connectivity index (χ2v) is 5.69. The first kappa shape index (κ1) is 16.7. The molecule has 23 heavy (non-hydrogen) atoms. The van der Waals surface area contributed by atoms with Crippen LogP contribution in [0.2, 0.25) is 0 Å². The van der Waals surface area contributed by atoms with Gasteiger partial charge in [0.15, 0.2) is 0 Å². The molecule has 0 atom stereocenters. The van der Waals surface area contributed by atoms with Crippen LogP contribution in [0.4, 0.5) is 0 Å². The summed E-state index contributed by atoms with van der Waals surface area (Å²) in [5, 5.41) is 20.2. The Balaban J connectivity index is 2.62. The average molecular weight is 313 g/mol. The molecule has 0 fully saturated rings. The normalized spacial score (nSPS) is 15.2. The number of carboxylic acids is 1. The van der Waals surface area contributed by atoms with Gasteiger partial charge in [-0.1, -0.05) is 44.2 Å². The van der Waals surface area contributed by atoms with Crippen LogP contribution in [-0.2, 0) is 4.79 Å². The molecule has 5 nitrogen and oxygen atoms in total. The summed E-state index contributed by atoms with van der Waals surface area (Å²) in [5.74, 6) is -0.861. The number of nitrogens with zero attached hydrogens (tertiary/aromatic N) is 1. The molecule has 1 aromatic carbocycles. The molecule has 0 spiro atoms. The molecule has 120 valence electrons. The third kappa shape index (κ3) is 3.74. The Hall–Kier alpha value is -2.69. The Labute approximate surface area is 134 Å². The van der Waals surface area contributed by atoms with Gasteiger partial charge in [-0.3, -0.25) is 10.1 Å². The van der Waals surface area contributed by atoms with Crippen LogP contribution < -0.4 is 0 Å². The lowest BCUT2D eigenvalue weighted by Gasteiger charge is -2.19. The number of allylic oxidation sites excluding steroid dienone is 5. The summed E-state index contributed by atoms with van der Waals surface area (Å²) in [6.45, 7) is 4.13. The van der Waals surface area contributed by atoms with Gasteiger partial charge < -0.3 is 5.11 Å². The van der Waals surface area contributed by atoms with Gasteiger partial charge >= 0.3 is 5.97 Å². The van der Waals surface area contributed by atoms with Crippen molar-refractivity contribution in [2.45, 2.75) is 32.6 Å². The number of rotatable bonds is 5. The highest BCUT2D eigenvalue weighted by Gasteiger charge is 2.25. The minimum Gasteiger partial charge on any atom is -0.478 e. The zero-order chi connectivity index (χ0) is 17.0. The zero-order valence-corrected chi connectivity index (χ0v) is 13.2. The fourth-order valence-electron chi connectivity index (χ4n) is 2.78. The molecule has 0 heterocycles. The number of aliphatic carboxylic acids is 1. The summed E-state index contributed by atoms with van der Waals surface area (Å²) in [6, 6.07) is 7.76. The van der Waals surface area contributed by atoms with E-state index in [2.05, 4.69) is 13.8 Å². The lowest BCUT2D eigenvalue weighted by atomic mass is 9.84. The average Bonchev–Trinajstić information content (AvgIpc) is 2.52. The third-order valence-corrected chi connectivity index (χ3v) is 3.82. The maximum atomic E-state index is 11.3. The smallest absolute Gasteiger partial charge is 0.328 e. The standard InChI is InChI=1S/C18H19NO4/c1-12(2)13-6-3-4-7-14(13)15-8-5-9-17(19(22)23)16(15)10-11-18(20)21/h3-4,6-8,10-12H,5,9H2,1-2H3,(H,20,21). The molecule has 0 unspecified atom stereocenters. The predicted molar refractivity (Wildman–Crippen MR) is 88.5 cm³/mol. The molecule has 1 aliphatic carbocycles. The van der Waals surface area contributed by atoms with Crippen molar-refractivity contribution in [3.8, 4) is 0 Å². The van der Waals surface area contributed by atoms with Gasteiger partial charge in [-0.25, -0.2) is 4.79 Å². The Bertz CT molecular complexity index is 726. The summed E-state index contributed by atoms with van der Waals surface area (Å²) in [7, 11) is 0. The van der Waals surface area contributed by atoms with Gasteiger partial charge in [0.25, 0.3) is 5.70 Å². The van der Waals surface area contributed by atoms with Gasteiger partial charge in [-0.05, 0) is 35.1 Å². The summed E-state index contributed by atoms with van der Waals surface area (Å²) < 4.78 is 0. The van der Waals surface area contributed by atoms with Crippen molar-refractivity contribution in [3.05, 3.63) is 75.0 Å². The number of carboxylic acid groups (broad SMARTS) is 1. The van der Waals surface area contributed by atoms with Crippen LogP contribution in [0.5, 0.6) is 0 Å². The quantitative estimate of drug-likeness (QED) is 0.503. The number of hydrogen-bond donors (Lipinski definition) is 1. The molecular formula is C18H19NO4. The van der Waals surface area contributed by atoms with Gasteiger partial charge in [0, 0.05) is 12.5 Å². The van der Waals surface area contributed by atoms with Crippen molar-refractivity contribution in [1.29, 1.82) is 0 Å². The summed E-state index contributed by atoms with van der Waals surface area (Å²) in [6.07, 6.45) is 5.12. The van der Waals surface area contributed by atoms with E-state index in [4.69, 9.17) is 5.11 Å². The predicted octanol–water partition coefficient (Wildman–Crippen LogP) is 4.16. The van der Waals surface area contributed by atoms with Gasteiger partial charge in [0.05, 0.1) is 10.5 Å². The van der Waals surface area contributed by atoms with E-state index in [1.165, 1.54) is 6.08 Å². The van der Waals surface area contributed by atoms with Gasteiger partial charge in [0.1, 0.15) is 0 Å². The Morgan fingerprint density at radius 3 is 2.65 bits per heavy atom. The van der Waals surface area contributed by atoms with Gasteiger partial charge in [-0.15, -0.1) is 0 Å². The molecule has 0 bridgehead atoms. The van der Waals surface area contributed by atoms with E-state index < -0.39 is 10.9 Å². The molecule has 0 saturated carbocycles. The van der Waals surface area contributed by atoms with E-state index in [1.54, 1.807) is 0 Å². The number of benzene rings is 1. The highest BCUT2D eigenvalue weighted by molar-refractivity contribution is 5.88. The van der Waals surface area contributed by atoms with E-state index in [1.807, 2.05) is 30.3 Å². The van der Waals surface area contributed by atoms with Crippen molar-refractivity contribution in [1.82, 2.24) is 0 Å². The third-order valence-electron chi connectivity index (χ3n) is 3.82. The first-order valence-electron chi connectivity index (χ1n) is 7.50. The second kappa shape index (κ2) is 7.05. The van der Waals surface area contributed by atoms with Crippen LogP contribution in [-0.4, -0.2) is 16.0 Å². The molecule has 0 aliphatic heterocycles. The van der Waals surface area contributed by atoms with Crippen LogP contribution in [0.3, 0.4) is 0 Å². The van der Waals surface area contributed by atoms with E-state index in [9.17, 15) is 14.9 Å². The first-order valence-corrected chi connectivity index (χ1v) is 7.50. The molecule has 0 radical (unpaired) electrons. The van der Waals surface area contributed by atoms with Crippen LogP contribution in [0, 0.1) is 10.1 Å². The lowest BCUT2D eigenvalue weighted by molar-refractivity contribution is -0.428. The van der Waals surface area contributed by atoms with Crippen LogP contribution in [0.15, 0.2) is 53.8 Å². The van der Waals surface area contributed by atoms with Gasteiger partial charge in [0.2, 0.25) is 0 Å². The maximum Gasteiger partial charge on any atom is 0.328 e. The lowest BCUT2D eigenvalue weighted by Crippen LogP contribution is -2.09. The van der Waals surface area contributed by atoms with Crippen LogP contribution in [0.25, 0.3) is 5.57 Å². The Kier molecular flexibility index (Phi) is 5.11. The highest BCUT2D eigenvalue weighted by Crippen LogP contribution is 2.37. The molecule has 1 aromatic rings. The number of carbonyl (C=O) groups is 1. The fraction of sp³-hybridized carbons (Fsp3) is 0.278. The Morgan fingerprint density at radius 1 is 1.35 bits per heavy atom. The number of hydrogen-bond acceptors (Lipinski definition) is 3. The molecule has 1 aliphatic rings. The molecule has 0 saturated heterocycles. The van der Waals surface area contributed by atoms with Crippen LogP contribution in [0.1, 0.15) is 43.7 Å². The topological polar surface area (TPSA) is 80.4 Å². The first-order chi connectivity index (χ1) is 10.9. The van der Waals surface area contributed by atoms with Crippen molar-refractivity contribution >= 4 is 11.5 Å². The van der Waals surface area contributed by atoms with Crippen molar-refractivity contribution in [2.24, 2.45) is 0 Å². The van der Waals surface area contributed by atoms with E-state index in [-0.39, 0.29) is 11.6 Å². The van der Waals surface area contributed by atoms with Crippen molar-refractivity contribution in [2.75, 3.05) is 0 Å². The SMILES string of the molecule is CC(C)c1ccccc1C1=CCCC([N+](=O)[O-])=C1C=CC(=O)O. The van der Waals surface area contributed by atoms with Crippen molar-refractivity contribution in [3.63, 3.8) is 0 Å². The summed E-state index contributed by atoms with van der Waals surface area (Å²) in [5.41, 5.74) is 3.20. The number of nitro groups is 1. The summed E-state index contributed by atoms with van der Waals surface area (Å²) in [4.78, 5) is 21.8. The minimum absolute atomic E-state index is 0.0681. The fourth-order valence-corrected chi connectivity index (χ4v) is 2.78. The second-order valence-electron chi connectivity index (χ2n) is 5.69. The minimum atomic E-state index is -1.12. The Morgan fingerprint density at radius 2 is 2.04 bits per heavy atom. The monoisotopic (exact) mass is 313 g/mol. The highest BCUT2D eigenvalue weighted by atomic mass is 16.6. The van der Waals surface area contributed by atoms with E-state index in [0.717, 1.165) is 22.8 Å². The maximum absolute atomic E-state index is 11.3. The van der Waals surface area contributed by atoms with Crippen molar-refractivity contribution < 1.29 is 14.8 Å². The zero-order valence-electron chi connectivity index (χ0n) is 13.2. The molecular weight excluding hydrogens is 294 g/mol. The molecule has 5 heteroatoms. The molecule has 0 amide bonds. The van der Waals surface area contributed by atoms with Crippen LogP contribution >= 0.6 is 0 Å². The van der Waals surface area contributed by atoms with E-state index >= 15 is 0 Å². The molecule has 1 N–H and O–H groups in total. The van der Waals surface area contributed by atoms with E-state index in [0.29, 0.717) is 18.4 Å².